The molecule has 0 spiro atoms. The second-order valence-electron chi connectivity index (χ2n) is 3.85. The van der Waals surface area contributed by atoms with Gasteiger partial charge in [-0.1, -0.05) is 30.3 Å². The van der Waals surface area contributed by atoms with Gasteiger partial charge < -0.3 is 9.47 Å². The Morgan fingerprint density at radius 1 is 1.00 bits per heavy atom. The van der Waals surface area contributed by atoms with Crippen LogP contribution in [-0.2, 0) is 4.74 Å². The van der Waals surface area contributed by atoms with Crippen LogP contribution in [0.3, 0.4) is 0 Å². The minimum Gasteiger partial charge on any atom is -0.497 e. The van der Waals surface area contributed by atoms with Crippen LogP contribution >= 0.6 is 0 Å². The molecule has 0 fully saturated rings. The molecule has 2 aromatic carbocycles. The third-order valence-electron chi connectivity index (χ3n) is 2.56. The van der Waals surface area contributed by atoms with Crippen LogP contribution in [0.2, 0.25) is 0 Å². The first-order chi connectivity index (χ1) is 9.29. The lowest BCUT2D eigenvalue weighted by Crippen LogP contribution is -1.99. The zero-order chi connectivity index (χ0) is 13.5. The summed E-state index contributed by atoms with van der Waals surface area (Å²) >= 11 is 0. The van der Waals surface area contributed by atoms with Crippen molar-refractivity contribution in [2.75, 3.05) is 7.11 Å². The van der Waals surface area contributed by atoms with Crippen LogP contribution in [0.1, 0.15) is 15.9 Å². The van der Waals surface area contributed by atoms with E-state index in [1.165, 1.54) is 6.26 Å². The Labute approximate surface area is 112 Å². The molecule has 0 aliphatic heterocycles. The van der Waals surface area contributed by atoms with Crippen molar-refractivity contribution >= 4 is 12.0 Å². The molecular weight excluding hydrogens is 240 g/mol. The van der Waals surface area contributed by atoms with Crippen molar-refractivity contribution in [1.82, 2.24) is 0 Å². The van der Waals surface area contributed by atoms with Crippen molar-refractivity contribution in [3.63, 3.8) is 0 Å². The lowest BCUT2D eigenvalue weighted by molar-refractivity contribution is 0.0665. The van der Waals surface area contributed by atoms with Crippen molar-refractivity contribution in [2.45, 2.75) is 0 Å². The molecule has 0 N–H and O–H groups in total. The number of benzene rings is 2. The fourth-order valence-corrected chi connectivity index (χ4v) is 1.53. The topological polar surface area (TPSA) is 35.5 Å². The van der Waals surface area contributed by atoms with Crippen molar-refractivity contribution in [3.05, 3.63) is 72.0 Å². The minimum absolute atomic E-state index is 0.370. The van der Waals surface area contributed by atoms with E-state index in [0.717, 1.165) is 11.3 Å². The molecule has 3 nitrogen and oxygen atoms in total. The summed E-state index contributed by atoms with van der Waals surface area (Å²) in [6, 6.07) is 16.3. The molecule has 0 atom stereocenters. The smallest absolute Gasteiger partial charge is 0.342 e. The van der Waals surface area contributed by atoms with E-state index in [1.54, 1.807) is 37.5 Å². The van der Waals surface area contributed by atoms with E-state index in [4.69, 9.17) is 9.47 Å². The van der Waals surface area contributed by atoms with Crippen LogP contribution in [0.25, 0.3) is 6.08 Å². The maximum absolute atomic E-state index is 11.6. The summed E-state index contributed by atoms with van der Waals surface area (Å²) in [6.45, 7) is 0. The number of hydrogen-bond donors (Lipinski definition) is 0. The highest BCUT2D eigenvalue weighted by molar-refractivity contribution is 5.89. The third kappa shape index (κ3) is 3.71. The number of carbonyl (C=O) groups is 1. The van der Waals surface area contributed by atoms with E-state index in [0.29, 0.717) is 5.56 Å². The van der Waals surface area contributed by atoms with Crippen LogP contribution in [0.5, 0.6) is 5.75 Å². The number of rotatable bonds is 4. The Morgan fingerprint density at radius 3 is 2.32 bits per heavy atom. The SMILES string of the molecule is COc1ccc(/C=C/OC(=O)c2ccccc2)cc1. The van der Waals surface area contributed by atoms with E-state index >= 15 is 0 Å². The van der Waals surface area contributed by atoms with Gasteiger partial charge >= 0.3 is 5.97 Å². The maximum atomic E-state index is 11.6. The van der Waals surface area contributed by atoms with E-state index in [2.05, 4.69) is 0 Å². The van der Waals surface area contributed by atoms with Gasteiger partial charge in [0.25, 0.3) is 0 Å². The third-order valence-corrected chi connectivity index (χ3v) is 2.56. The summed E-state index contributed by atoms with van der Waals surface area (Å²) in [7, 11) is 1.62. The van der Waals surface area contributed by atoms with Crippen molar-refractivity contribution in [1.29, 1.82) is 0 Å². The van der Waals surface area contributed by atoms with E-state index in [9.17, 15) is 4.79 Å². The molecule has 0 bridgehead atoms. The Bertz CT molecular complexity index is 556. The summed E-state index contributed by atoms with van der Waals surface area (Å²) in [4.78, 5) is 11.6. The van der Waals surface area contributed by atoms with Crippen molar-refractivity contribution in [3.8, 4) is 5.75 Å². The predicted molar refractivity (Wildman–Crippen MR) is 73.9 cm³/mol. The highest BCUT2D eigenvalue weighted by Crippen LogP contribution is 2.12. The van der Waals surface area contributed by atoms with Crippen LogP contribution in [0.15, 0.2) is 60.9 Å². The average molecular weight is 254 g/mol. The number of carbonyl (C=O) groups excluding carboxylic acids is 1. The number of hydrogen-bond acceptors (Lipinski definition) is 3. The fraction of sp³-hybridized carbons (Fsp3) is 0.0625. The lowest BCUT2D eigenvalue weighted by atomic mass is 10.2. The standard InChI is InChI=1S/C16H14O3/c1-18-15-9-7-13(8-10-15)11-12-19-16(17)14-5-3-2-4-6-14/h2-12H,1H3/b12-11+. The molecule has 0 aromatic heterocycles. The first-order valence-corrected chi connectivity index (χ1v) is 5.86. The molecule has 0 saturated carbocycles. The largest absolute Gasteiger partial charge is 0.497 e. The van der Waals surface area contributed by atoms with Gasteiger partial charge in [-0.05, 0) is 35.9 Å². The van der Waals surface area contributed by atoms with Gasteiger partial charge in [-0.15, -0.1) is 0 Å². The quantitative estimate of drug-likeness (QED) is 0.618. The summed E-state index contributed by atoms with van der Waals surface area (Å²) in [6.07, 6.45) is 3.11. The molecule has 0 amide bonds. The Balaban J connectivity index is 1.94. The zero-order valence-corrected chi connectivity index (χ0v) is 10.6. The van der Waals surface area contributed by atoms with Crippen LogP contribution < -0.4 is 4.74 Å². The van der Waals surface area contributed by atoms with Gasteiger partial charge in [-0.25, -0.2) is 4.79 Å². The monoisotopic (exact) mass is 254 g/mol. The normalized spacial score (nSPS) is 10.4. The number of ether oxygens (including phenoxy) is 2. The fourth-order valence-electron chi connectivity index (χ4n) is 1.53. The molecule has 2 aromatic rings. The molecule has 0 aliphatic carbocycles. The molecule has 0 unspecified atom stereocenters. The van der Waals surface area contributed by atoms with Gasteiger partial charge in [-0.2, -0.15) is 0 Å². The summed E-state index contributed by atoms with van der Waals surface area (Å²) < 4.78 is 10.1. The lowest BCUT2D eigenvalue weighted by Gasteiger charge is -2.00. The van der Waals surface area contributed by atoms with Crippen LogP contribution in [-0.4, -0.2) is 13.1 Å². The van der Waals surface area contributed by atoms with Gasteiger partial charge in [0, 0.05) is 0 Å². The van der Waals surface area contributed by atoms with Crippen LogP contribution in [0.4, 0.5) is 0 Å². The van der Waals surface area contributed by atoms with Gasteiger partial charge in [-0.3, -0.25) is 0 Å². The first-order valence-electron chi connectivity index (χ1n) is 5.86. The maximum Gasteiger partial charge on any atom is 0.342 e. The zero-order valence-electron chi connectivity index (χ0n) is 10.6. The summed E-state index contributed by atoms with van der Waals surface area (Å²) in [5.74, 6) is 0.420. The molecule has 0 radical (unpaired) electrons. The summed E-state index contributed by atoms with van der Waals surface area (Å²) in [5.41, 5.74) is 1.46. The Kier molecular flexibility index (Phi) is 4.34. The van der Waals surface area contributed by atoms with Gasteiger partial charge in [0.2, 0.25) is 0 Å². The first kappa shape index (κ1) is 12.9. The highest BCUT2D eigenvalue weighted by Gasteiger charge is 2.03. The molecule has 0 saturated heterocycles. The van der Waals surface area contributed by atoms with E-state index in [-0.39, 0.29) is 5.97 Å². The number of esters is 1. The summed E-state index contributed by atoms with van der Waals surface area (Å²) in [5, 5.41) is 0. The predicted octanol–water partition coefficient (Wildman–Crippen LogP) is 3.52. The van der Waals surface area contributed by atoms with Crippen molar-refractivity contribution < 1.29 is 14.3 Å². The molecule has 19 heavy (non-hydrogen) atoms. The molecule has 2 rings (SSSR count). The molecular formula is C16H14O3. The second-order valence-corrected chi connectivity index (χ2v) is 3.85. The van der Waals surface area contributed by atoms with Gasteiger partial charge in [0.05, 0.1) is 18.9 Å². The number of methoxy groups -OCH3 is 1. The average Bonchev–Trinajstić information content (AvgIpc) is 2.49. The van der Waals surface area contributed by atoms with Gasteiger partial charge in [0.1, 0.15) is 5.75 Å². The van der Waals surface area contributed by atoms with E-state index in [1.807, 2.05) is 30.3 Å². The van der Waals surface area contributed by atoms with Crippen molar-refractivity contribution in [2.24, 2.45) is 0 Å². The molecule has 0 heterocycles. The Morgan fingerprint density at radius 2 is 1.68 bits per heavy atom. The van der Waals surface area contributed by atoms with Gasteiger partial charge in [0.15, 0.2) is 0 Å². The molecule has 96 valence electrons. The molecule has 3 heteroatoms. The Hall–Kier alpha value is -2.55. The highest BCUT2D eigenvalue weighted by atomic mass is 16.5. The second kappa shape index (κ2) is 6.40. The van der Waals surface area contributed by atoms with Crippen LogP contribution in [0, 0.1) is 0 Å². The van der Waals surface area contributed by atoms with E-state index < -0.39 is 0 Å². The molecule has 0 aliphatic rings. The minimum atomic E-state index is -0.370.